The number of aromatic nitrogens is 1. The van der Waals surface area contributed by atoms with E-state index in [1.165, 1.54) is 39.2 Å². The Bertz CT molecular complexity index is 1630. The number of benzene rings is 3. The summed E-state index contributed by atoms with van der Waals surface area (Å²) in [5.74, 6) is 0.555. The summed E-state index contributed by atoms with van der Waals surface area (Å²) >= 11 is 1.37. The van der Waals surface area contributed by atoms with Crippen LogP contribution in [0, 0.1) is 0 Å². The molecular formula is C33H32N4O6S. The highest BCUT2D eigenvalue weighted by atomic mass is 32.2. The Morgan fingerprint density at radius 1 is 0.795 bits per heavy atom. The molecule has 1 aromatic heterocycles. The monoisotopic (exact) mass is 612 g/mol. The number of rotatable bonds is 12. The number of hydrogen-bond donors (Lipinski definition) is 3. The van der Waals surface area contributed by atoms with Crippen LogP contribution in [0.3, 0.4) is 0 Å². The number of methoxy groups -OCH3 is 3. The number of ether oxygens (including phenoxy) is 3. The Kier molecular flexibility index (Phi) is 11.0. The van der Waals surface area contributed by atoms with Crippen molar-refractivity contribution in [1.29, 1.82) is 0 Å². The molecular weight excluding hydrogens is 580 g/mol. The van der Waals surface area contributed by atoms with Gasteiger partial charge < -0.3 is 30.2 Å². The van der Waals surface area contributed by atoms with Crippen LogP contribution in [0.2, 0.25) is 0 Å². The van der Waals surface area contributed by atoms with Gasteiger partial charge in [-0.1, -0.05) is 24.3 Å². The summed E-state index contributed by atoms with van der Waals surface area (Å²) in [6.45, 7) is 1.80. The molecule has 1 atom stereocenters. The van der Waals surface area contributed by atoms with Crippen molar-refractivity contribution in [2.24, 2.45) is 0 Å². The van der Waals surface area contributed by atoms with E-state index in [-0.39, 0.29) is 11.6 Å². The van der Waals surface area contributed by atoms with E-state index >= 15 is 0 Å². The zero-order valence-corrected chi connectivity index (χ0v) is 25.4. The number of carbonyl (C=O) groups excluding carboxylic acids is 3. The highest BCUT2D eigenvalue weighted by molar-refractivity contribution is 8.00. The van der Waals surface area contributed by atoms with E-state index < -0.39 is 17.1 Å². The summed E-state index contributed by atoms with van der Waals surface area (Å²) in [7, 11) is 4.49. The van der Waals surface area contributed by atoms with Gasteiger partial charge in [0.1, 0.15) is 17.3 Å². The standard InChI is InChI=1S/C33H32N4O6S/c1-21(31(38)37-30-12-8-9-17-34-30)44-25-15-13-24(14-16-25)35-33(40)26(36-32(39)22-10-6-5-7-11-22)18-23-19-28(42-3)29(43-4)20-27(23)41-2/h5-21H,1-4H3,(H,35,40)(H,36,39)(H,34,37,38)/b26-18-. The molecule has 0 aliphatic heterocycles. The summed E-state index contributed by atoms with van der Waals surface area (Å²) in [6.07, 6.45) is 3.11. The van der Waals surface area contributed by atoms with Crippen molar-refractivity contribution in [2.75, 3.05) is 32.0 Å². The van der Waals surface area contributed by atoms with E-state index in [1.807, 2.05) is 0 Å². The van der Waals surface area contributed by atoms with E-state index in [2.05, 4.69) is 20.9 Å². The lowest BCUT2D eigenvalue weighted by Gasteiger charge is -2.15. The second kappa shape index (κ2) is 15.3. The van der Waals surface area contributed by atoms with Crippen molar-refractivity contribution in [3.63, 3.8) is 0 Å². The lowest BCUT2D eigenvalue weighted by Crippen LogP contribution is -2.30. The predicted octanol–water partition coefficient (Wildman–Crippen LogP) is 5.64. The van der Waals surface area contributed by atoms with E-state index in [4.69, 9.17) is 14.2 Å². The lowest BCUT2D eigenvalue weighted by molar-refractivity contribution is -0.115. The van der Waals surface area contributed by atoms with Gasteiger partial charge in [0.2, 0.25) is 5.91 Å². The summed E-state index contributed by atoms with van der Waals surface area (Å²) < 4.78 is 16.3. The largest absolute Gasteiger partial charge is 0.496 e. The van der Waals surface area contributed by atoms with Crippen molar-refractivity contribution < 1.29 is 28.6 Å². The summed E-state index contributed by atoms with van der Waals surface area (Å²) in [5, 5.41) is 7.94. The van der Waals surface area contributed by atoms with Gasteiger partial charge in [0.05, 0.1) is 26.6 Å². The summed E-state index contributed by atoms with van der Waals surface area (Å²) in [6, 6.07) is 24.2. The number of hydrogen-bond acceptors (Lipinski definition) is 8. The third kappa shape index (κ3) is 8.39. The fourth-order valence-corrected chi connectivity index (χ4v) is 4.87. The molecule has 0 aliphatic carbocycles. The molecule has 3 amide bonds. The first-order valence-corrected chi connectivity index (χ1v) is 14.4. The number of thioether (sulfide) groups is 1. The van der Waals surface area contributed by atoms with Gasteiger partial charge in [-0.25, -0.2) is 4.98 Å². The first-order valence-electron chi connectivity index (χ1n) is 13.5. The SMILES string of the molecule is COc1cc(OC)c(OC)cc1/C=C(\NC(=O)c1ccccc1)C(=O)Nc1ccc(SC(C)C(=O)Nc2ccccn2)cc1. The van der Waals surface area contributed by atoms with Gasteiger partial charge in [0, 0.05) is 34.0 Å². The molecule has 0 spiro atoms. The van der Waals surface area contributed by atoms with Crippen LogP contribution in [0.1, 0.15) is 22.8 Å². The molecule has 11 heteroatoms. The van der Waals surface area contributed by atoms with Gasteiger partial charge in [0.25, 0.3) is 11.8 Å². The van der Waals surface area contributed by atoms with Crippen LogP contribution in [0.25, 0.3) is 6.08 Å². The second-order valence-electron chi connectivity index (χ2n) is 9.27. The number of nitrogens with one attached hydrogen (secondary N) is 3. The maximum absolute atomic E-state index is 13.5. The molecule has 0 saturated carbocycles. The average molecular weight is 613 g/mol. The molecule has 10 nitrogen and oxygen atoms in total. The van der Waals surface area contributed by atoms with Gasteiger partial charge in [0.15, 0.2) is 11.5 Å². The van der Waals surface area contributed by atoms with Crippen LogP contribution in [0.4, 0.5) is 11.5 Å². The lowest BCUT2D eigenvalue weighted by atomic mass is 10.1. The number of amides is 3. The minimum atomic E-state index is -0.561. The number of anilines is 2. The molecule has 1 heterocycles. The zero-order chi connectivity index (χ0) is 31.5. The predicted molar refractivity (Wildman–Crippen MR) is 171 cm³/mol. The molecule has 44 heavy (non-hydrogen) atoms. The second-order valence-corrected chi connectivity index (χ2v) is 10.7. The fraction of sp³-hybridized carbons (Fsp3) is 0.152. The molecule has 226 valence electrons. The zero-order valence-electron chi connectivity index (χ0n) is 24.6. The highest BCUT2D eigenvalue weighted by Gasteiger charge is 2.19. The number of nitrogens with zero attached hydrogens (tertiary/aromatic N) is 1. The van der Waals surface area contributed by atoms with Crippen LogP contribution >= 0.6 is 11.8 Å². The Balaban J connectivity index is 1.53. The van der Waals surface area contributed by atoms with Crippen molar-refractivity contribution >= 4 is 47.1 Å². The molecule has 0 aliphatic rings. The topological polar surface area (TPSA) is 128 Å². The molecule has 4 rings (SSSR count). The van der Waals surface area contributed by atoms with Gasteiger partial charge in [-0.2, -0.15) is 0 Å². The van der Waals surface area contributed by atoms with Crippen LogP contribution in [-0.2, 0) is 9.59 Å². The van der Waals surface area contributed by atoms with Crippen LogP contribution in [0.5, 0.6) is 17.2 Å². The smallest absolute Gasteiger partial charge is 0.272 e. The molecule has 0 bridgehead atoms. The number of carbonyl (C=O) groups is 3. The molecule has 0 saturated heterocycles. The van der Waals surface area contributed by atoms with Gasteiger partial charge in [-0.05, 0) is 67.6 Å². The van der Waals surface area contributed by atoms with Crippen LogP contribution in [-0.4, -0.2) is 49.3 Å². The Hall–Kier alpha value is -5.29. The average Bonchev–Trinajstić information content (AvgIpc) is 3.05. The maximum atomic E-state index is 13.5. The quantitative estimate of drug-likeness (QED) is 0.139. The molecule has 3 N–H and O–H groups in total. The van der Waals surface area contributed by atoms with E-state index in [0.717, 1.165) is 4.90 Å². The minimum Gasteiger partial charge on any atom is -0.496 e. The molecule has 1 unspecified atom stereocenters. The van der Waals surface area contributed by atoms with E-state index in [1.54, 1.807) is 98.0 Å². The Morgan fingerprint density at radius 2 is 1.45 bits per heavy atom. The Morgan fingerprint density at radius 3 is 2.09 bits per heavy atom. The van der Waals surface area contributed by atoms with Crippen molar-refractivity contribution in [3.05, 3.63) is 108 Å². The molecule has 0 fully saturated rings. The fourth-order valence-electron chi connectivity index (χ4n) is 4.00. The third-order valence-corrected chi connectivity index (χ3v) is 7.39. The van der Waals surface area contributed by atoms with Gasteiger partial charge >= 0.3 is 0 Å². The van der Waals surface area contributed by atoms with Crippen LogP contribution < -0.4 is 30.2 Å². The van der Waals surface area contributed by atoms with Crippen molar-refractivity contribution in [3.8, 4) is 17.2 Å². The third-order valence-electron chi connectivity index (χ3n) is 6.27. The maximum Gasteiger partial charge on any atom is 0.272 e. The van der Waals surface area contributed by atoms with Gasteiger partial charge in [-0.15, -0.1) is 11.8 Å². The normalized spacial score (nSPS) is 11.6. The molecule has 0 radical (unpaired) electrons. The first kappa shape index (κ1) is 31.6. The van der Waals surface area contributed by atoms with E-state index in [0.29, 0.717) is 39.9 Å². The molecule has 4 aromatic rings. The Labute approximate surface area is 259 Å². The van der Waals surface area contributed by atoms with Gasteiger partial charge in [-0.3, -0.25) is 14.4 Å². The van der Waals surface area contributed by atoms with E-state index in [9.17, 15) is 14.4 Å². The van der Waals surface area contributed by atoms with Crippen molar-refractivity contribution in [1.82, 2.24) is 10.3 Å². The summed E-state index contributed by atoms with van der Waals surface area (Å²) in [5.41, 5.74) is 1.33. The number of pyridine rings is 1. The van der Waals surface area contributed by atoms with Crippen LogP contribution in [0.15, 0.2) is 102 Å². The van der Waals surface area contributed by atoms with Crippen molar-refractivity contribution in [2.45, 2.75) is 17.1 Å². The highest BCUT2D eigenvalue weighted by Crippen LogP contribution is 2.35. The first-order chi connectivity index (χ1) is 21.3. The minimum absolute atomic E-state index is 0.0253. The summed E-state index contributed by atoms with van der Waals surface area (Å²) in [4.78, 5) is 44.1. The molecule has 3 aromatic carbocycles.